The summed E-state index contributed by atoms with van der Waals surface area (Å²) < 4.78 is 22.0. The first-order chi connectivity index (χ1) is 17.9. The maximum absolute atomic E-state index is 13.8. The van der Waals surface area contributed by atoms with Gasteiger partial charge in [-0.05, 0) is 69.4 Å². The third kappa shape index (κ3) is 4.95. The van der Waals surface area contributed by atoms with Crippen LogP contribution in [-0.4, -0.2) is 36.1 Å². The van der Waals surface area contributed by atoms with Gasteiger partial charge in [-0.2, -0.15) is 0 Å². The molecule has 37 heavy (non-hydrogen) atoms. The van der Waals surface area contributed by atoms with E-state index in [9.17, 15) is 14.4 Å². The number of likely N-dealkylation sites (tertiary alicyclic amines) is 1. The highest BCUT2D eigenvalue weighted by molar-refractivity contribution is 5.92. The van der Waals surface area contributed by atoms with E-state index in [4.69, 9.17) is 18.6 Å². The lowest BCUT2D eigenvalue weighted by molar-refractivity contribution is -0.162. The van der Waals surface area contributed by atoms with E-state index in [1.54, 1.807) is 11.8 Å². The second-order valence-electron chi connectivity index (χ2n) is 9.79. The Morgan fingerprint density at radius 3 is 2.81 bits per heavy atom. The summed E-state index contributed by atoms with van der Waals surface area (Å²) in [5, 5.41) is 2.85. The van der Waals surface area contributed by atoms with Gasteiger partial charge in [0.15, 0.2) is 11.5 Å². The van der Waals surface area contributed by atoms with Gasteiger partial charge in [-0.1, -0.05) is 12.1 Å². The highest BCUT2D eigenvalue weighted by Crippen LogP contribution is 2.50. The molecule has 1 saturated heterocycles. The van der Waals surface area contributed by atoms with Gasteiger partial charge < -0.3 is 28.8 Å². The molecule has 5 rings (SSSR count). The van der Waals surface area contributed by atoms with Crippen molar-refractivity contribution in [1.82, 2.24) is 10.2 Å². The van der Waals surface area contributed by atoms with Crippen molar-refractivity contribution in [2.24, 2.45) is 11.3 Å². The van der Waals surface area contributed by atoms with Gasteiger partial charge in [0, 0.05) is 18.0 Å². The number of carbonyl (C=O) groups excluding carboxylic acids is 3. The summed E-state index contributed by atoms with van der Waals surface area (Å²) >= 11 is 0. The van der Waals surface area contributed by atoms with Crippen LogP contribution >= 0.6 is 0 Å². The molecule has 1 aliphatic carbocycles. The number of amides is 2. The molecule has 2 aliphatic heterocycles. The molecule has 0 spiro atoms. The fraction of sp³-hybridized carbons (Fsp3) is 0.464. The van der Waals surface area contributed by atoms with Crippen LogP contribution in [0.3, 0.4) is 0 Å². The lowest BCUT2D eigenvalue weighted by atomic mass is 9.66. The first-order valence-corrected chi connectivity index (χ1v) is 12.8. The Morgan fingerprint density at radius 1 is 1.19 bits per heavy atom. The molecule has 1 aromatic heterocycles. The van der Waals surface area contributed by atoms with E-state index in [-0.39, 0.29) is 57.1 Å². The van der Waals surface area contributed by atoms with E-state index in [1.165, 1.54) is 0 Å². The van der Waals surface area contributed by atoms with E-state index in [1.807, 2.05) is 43.3 Å². The molecule has 3 heterocycles. The number of rotatable bonds is 8. The molecule has 9 nitrogen and oxygen atoms in total. The lowest BCUT2D eigenvalue weighted by Gasteiger charge is -2.48. The van der Waals surface area contributed by atoms with Crippen LogP contribution in [0.1, 0.15) is 56.1 Å². The highest BCUT2D eigenvalue weighted by atomic mass is 16.7. The molecule has 1 aromatic carbocycles. The molecule has 0 unspecified atom stereocenters. The smallest absolute Gasteiger partial charge is 0.318 e. The van der Waals surface area contributed by atoms with Gasteiger partial charge >= 0.3 is 5.97 Å². The Hall–Kier alpha value is -3.75. The zero-order valence-electron chi connectivity index (χ0n) is 21.2. The lowest BCUT2D eigenvalue weighted by Crippen LogP contribution is -2.54. The zero-order valence-corrected chi connectivity index (χ0v) is 21.2. The van der Waals surface area contributed by atoms with Crippen molar-refractivity contribution in [2.45, 2.75) is 59.0 Å². The SMILES string of the molecule is CCOC(=O)[C@]12CCCC=C1N(Cc1ccc3c(c1)OCO3)C(=O)[C@H](CC(=O)NCc1ccc(C)o1)C2. The number of hydrogen-bond donors (Lipinski definition) is 1. The van der Waals surface area contributed by atoms with Crippen LogP contribution in [0, 0.1) is 18.3 Å². The fourth-order valence-corrected chi connectivity index (χ4v) is 5.55. The summed E-state index contributed by atoms with van der Waals surface area (Å²) in [6.07, 6.45) is 4.37. The van der Waals surface area contributed by atoms with Crippen LogP contribution in [0.5, 0.6) is 11.5 Å². The van der Waals surface area contributed by atoms with E-state index in [2.05, 4.69) is 5.32 Å². The summed E-state index contributed by atoms with van der Waals surface area (Å²) in [7, 11) is 0. The monoisotopic (exact) mass is 508 g/mol. The standard InChI is InChI=1S/C28H32N2O7/c1-3-34-27(33)28-11-5-4-6-24(28)30(16-19-8-10-22-23(12-19)36-17-35-22)26(32)20(14-28)13-25(31)29-15-21-9-7-18(2)37-21/h6-10,12,20H,3-5,11,13-17H2,1-2H3,(H,29,31)/t20-,28+/m1/s1. The Bertz CT molecular complexity index is 1230. The molecule has 9 heteroatoms. The molecule has 3 aliphatic rings. The number of aryl methyl sites for hydroxylation is 1. The first-order valence-electron chi connectivity index (χ1n) is 12.8. The average Bonchev–Trinajstić information content (AvgIpc) is 3.53. The van der Waals surface area contributed by atoms with Crippen LogP contribution < -0.4 is 14.8 Å². The molecule has 2 amide bonds. The van der Waals surface area contributed by atoms with Gasteiger partial charge in [-0.3, -0.25) is 14.4 Å². The third-order valence-electron chi connectivity index (χ3n) is 7.27. The second-order valence-corrected chi connectivity index (χ2v) is 9.79. The third-order valence-corrected chi connectivity index (χ3v) is 7.27. The molecule has 196 valence electrons. The molecule has 1 N–H and O–H groups in total. The van der Waals surface area contributed by atoms with Crippen molar-refractivity contribution in [3.05, 3.63) is 59.2 Å². The summed E-state index contributed by atoms with van der Waals surface area (Å²) in [5.74, 6) is 1.26. The number of benzene rings is 1. The summed E-state index contributed by atoms with van der Waals surface area (Å²) in [5.41, 5.74) is 0.574. The summed E-state index contributed by atoms with van der Waals surface area (Å²) in [6.45, 7) is 4.52. The van der Waals surface area contributed by atoms with Crippen LogP contribution in [-0.2, 0) is 32.2 Å². The molecule has 0 bridgehead atoms. The van der Waals surface area contributed by atoms with Crippen molar-refractivity contribution < 1.29 is 33.0 Å². The van der Waals surface area contributed by atoms with E-state index < -0.39 is 11.3 Å². The average molecular weight is 509 g/mol. The minimum Gasteiger partial charge on any atom is -0.465 e. The van der Waals surface area contributed by atoms with Crippen LogP contribution in [0.15, 0.2) is 46.5 Å². The molecular weight excluding hydrogens is 476 g/mol. The maximum atomic E-state index is 13.8. The minimum absolute atomic E-state index is 0.0232. The van der Waals surface area contributed by atoms with Gasteiger partial charge in [0.1, 0.15) is 16.9 Å². The number of ether oxygens (including phenoxy) is 3. The highest BCUT2D eigenvalue weighted by Gasteiger charge is 2.54. The Morgan fingerprint density at radius 2 is 2.03 bits per heavy atom. The Balaban J connectivity index is 1.41. The Kier molecular flexibility index (Phi) is 6.95. The van der Waals surface area contributed by atoms with Crippen molar-refractivity contribution in [1.29, 1.82) is 0 Å². The number of carbonyl (C=O) groups is 3. The quantitative estimate of drug-likeness (QED) is 0.537. The van der Waals surface area contributed by atoms with Crippen LogP contribution in [0.25, 0.3) is 0 Å². The largest absolute Gasteiger partial charge is 0.465 e. The van der Waals surface area contributed by atoms with E-state index in [0.29, 0.717) is 29.4 Å². The predicted octanol–water partition coefficient (Wildman–Crippen LogP) is 3.99. The van der Waals surface area contributed by atoms with Gasteiger partial charge in [0.2, 0.25) is 18.6 Å². The van der Waals surface area contributed by atoms with E-state index >= 15 is 0 Å². The number of esters is 1. The normalized spacial score (nSPS) is 22.3. The first kappa shape index (κ1) is 24.9. The number of nitrogens with one attached hydrogen (secondary N) is 1. The van der Waals surface area contributed by atoms with Gasteiger partial charge in [-0.25, -0.2) is 0 Å². The maximum Gasteiger partial charge on any atom is 0.318 e. The summed E-state index contributed by atoms with van der Waals surface area (Å²) in [4.78, 5) is 41.8. The van der Waals surface area contributed by atoms with Gasteiger partial charge in [0.25, 0.3) is 0 Å². The van der Waals surface area contributed by atoms with Crippen molar-refractivity contribution in [3.8, 4) is 11.5 Å². The number of nitrogens with zero attached hydrogens (tertiary/aromatic N) is 1. The molecule has 2 atom stereocenters. The number of piperidine rings is 1. The van der Waals surface area contributed by atoms with Crippen LogP contribution in [0.4, 0.5) is 0 Å². The molecule has 0 saturated carbocycles. The van der Waals surface area contributed by atoms with Crippen molar-refractivity contribution >= 4 is 17.8 Å². The number of allylic oxidation sites excluding steroid dienone is 1. The van der Waals surface area contributed by atoms with E-state index in [0.717, 1.165) is 24.2 Å². The molecule has 0 radical (unpaired) electrons. The minimum atomic E-state index is -0.957. The fourth-order valence-electron chi connectivity index (χ4n) is 5.55. The number of fused-ring (bicyclic) bond motifs is 2. The number of hydrogen-bond acceptors (Lipinski definition) is 7. The molecular formula is C28H32N2O7. The van der Waals surface area contributed by atoms with Gasteiger partial charge in [0.05, 0.1) is 19.7 Å². The van der Waals surface area contributed by atoms with Crippen molar-refractivity contribution in [2.75, 3.05) is 13.4 Å². The van der Waals surface area contributed by atoms with Crippen LogP contribution in [0.2, 0.25) is 0 Å². The zero-order chi connectivity index (χ0) is 26.0. The topological polar surface area (TPSA) is 107 Å². The van der Waals surface area contributed by atoms with Crippen molar-refractivity contribution in [3.63, 3.8) is 0 Å². The second kappa shape index (κ2) is 10.3. The summed E-state index contributed by atoms with van der Waals surface area (Å²) in [6, 6.07) is 9.20. The van der Waals surface area contributed by atoms with Gasteiger partial charge in [-0.15, -0.1) is 0 Å². The molecule has 1 fully saturated rings. The number of furan rings is 1. The Labute approximate surface area is 215 Å². The molecule has 2 aromatic rings. The predicted molar refractivity (Wildman–Crippen MR) is 132 cm³/mol.